The number of Topliss-reactive ketones (excluding diaryl/α,β-unsaturated/α-hetero) is 1. The zero-order chi connectivity index (χ0) is 13.4. The van der Waals surface area contributed by atoms with Crippen molar-refractivity contribution in [2.24, 2.45) is 0 Å². The molecule has 2 aromatic rings. The van der Waals surface area contributed by atoms with Crippen molar-refractivity contribution in [1.82, 2.24) is 0 Å². The van der Waals surface area contributed by atoms with Gasteiger partial charge in [0.2, 0.25) is 0 Å². The van der Waals surface area contributed by atoms with Crippen LogP contribution in [-0.2, 0) is 11.2 Å². The highest BCUT2D eigenvalue weighted by molar-refractivity contribution is 6.30. The number of fused-ring (bicyclic) bond motifs is 1. The fourth-order valence-corrected chi connectivity index (χ4v) is 2.85. The molecule has 0 bridgehead atoms. The molecule has 19 heavy (non-hydrogen) atoms. The van der Waals surface area contributed by atoms with E-state index in [1.54, 1.807) is 0 Å². The van der Waals surface area contributed by atoms with Crippen molar-refractivity contribution in [3.8, 4) is 0 Å². The predicted octanol–water partition coefficient (Wildman–Crippen LogP) is 4.05. The number of aryl methyl sites for hydroxylation is 1. The molecule has 0 heterocycles. The molecule has 0 radical (unpaired) electrons. The van der Waals surface area contributed by atoms with E-state index < -0.39 is 0 Å². The smallest absolute Gasteiger partial charge is 0.168 e. The first-order valence-corrected chi connectivity index (χ1v) is 6.57. The predicted molar refractivity (Wildman–Crippen MR) is 78.8 cm³/mol. The number of carbonyl (C=O) groups excluding carboxylic acids is 1. The summed E-state index contributed by atoms with van der Waals surface area (Å²) in [6.07, 6.45) is 0.511. The van der Waals surface area contributed by atoms with Crippen molar-refractivity contribution in [2.45, 2.75) is 20.3 Å². The largest absolute Gasteiger partial charge is 0.294 e. The quantitative estimate of drug-likeness (QED) is 0.744. The Hall–Kier alpha value is -2.15. The molecule has 0 aliphatic heterocycles. The first-order chi connectivity index (χ1) is 9.18. The maximum Gasteiger partial charge on any atom is 0.168 e. The summed E-state index contributed by atoms with van der Waals surface area (Å²) in [6, 6.07) is 16.3. The van der Waals surface area contributed by atoms with Crippen LogP contribution in [0.25, 0.3) is 11.1 Å². The second-order valence-electron chi connectivity index (χ2n) is 5.07. The molecule has 0 atom stereocenters. The Kier molecular flexibility index (Phi) is 2.83. The van der Waals surface area contributed by atoms with E-state index in [2.05, 4.69) is 26.0 Å². The highest BCUT2D eigenvalue weighted by atomic mass is 16.1. The minimum Gasteiger partial charge on any atom is -0.294 e. The standard InChI is InChI=1S/C18H16O/c1-12-7-3-5-9-15(12)18-13(2)16-10-6-4-8-14(16)11-17(18)19/h3-10H,11H2,1-2H3. The molecule has 94 valence electrons. The van der Waals surface area contributed by atoms with Crippen LogP contribution in [0.4, 0.5) is 0 Å². The number of allylic oxidation sites excluding steroid dienone is 2. The van der Waals surface area contributed by atoms with E-state index in [0.29, 0.717) is 6.42 Å². The summed E-state index contributed by atoms with van der Waals surface area (Å²) in [5.41, 5.74) is 6.56. The van der Waals surface area contributed by atoms with Crippen molar-refractivity contribution < 1.29 is 4.79 Å². The number of benzene rings is 2. The third kappa shape index (κ3) is 1.91. The summed E-state index contributed by atoms with van der Waals surface area (Å²) in [6.45, 7) is 4.11. The van der Waals surface area contributed by atoms with Crippen molar-refractivity contribution in [3.05, 3.63) is 70.8 Å². The SMILES string of the molecule is CC1=C(c2ccccc2C)C(=O)Cc2ccccc21. The van der Waals surface area contributed by atoms with E-state index in [1.165, 1.54) is 5.56 Å². The van der Waals surface area contributed by atoms with Crippen LogP contribution in [-0.4, -0.2) is 5.78 Å². The lowest BCUT2D eigenvalue weighted by Gasteiger charge is -2.21. The van der Waals surface area contributed by atoms with Crippen LogP contribution in [0.3, 0.4) is 0 Å². The molecule has 0 aromatic heterocycles. The van der Waals surface area contributed by atoms with Crippen LogP contribution in [0, 0.1) is 6.92 Å². The average Bonchev–Trinajstić information content (AvgIpc) is 2.41. The van der Waals surface area contributed by atoms with Crippen LogP contribution in [0.5, 0.6) is 0 Å². The second kappa shape index (κ2) is 4.51. The van der Waals surface area contributed by atoms with Crippen molar-refractivity contribution in [1.29, 1.82) is 0 Å². The monoisotopic (exact) mass is 248 g/mol. The Morgan fingerprint density at radius 1 is 0.842 bits per heavy atom. The van der Waals surface area contributed by atoms with Gasteiger partial charge in [-0.15, -0.1) is 0 Å². The van der Waals surface area contributed by atoms with Gasteiger partial charge in [-0.1, -0.05) is 48.5 Å². The summed E-state index contributed by atoms with van der Waals surface area (Å²) >= 11 is 0. The van der Waals surface area contributed by atoms with Gasteiger partial charge >= 0.3 is 0 Å². The van der Waals surface area contributed by atoms with Crippen LogP contribution in [0.1, 0.15) is 29.2 Å². The molecule has 0 amide bonds. The van der Waals surface area contributed by atoms with Crippen LogP contribution < -0.4 is 0 Å². The Morgan fingerprint density at radius 3 is 2.21 bits per heavy atom. The number of hydrogen-bond donors (Lipinski definition) is 0. The third-order valence-electron chi connectivity index (χ3n) is 3.84. The molecule has 0 spiro atoms. The van der Waals surface area contributed by atoms with Gasteiger partial charge in [-0.25, -0.2) is 0 Å². The number of carbonyl (C=O) groups is 1. The van der Waals surface area contributed by atoms with E-state index in [1.807, 2.05) is 36.4 Å². The summed E-state index contributed by atoms with van der Waals surface area (Å²) in [4.78, 5) is 12.5. The van der Waals surface area contributed by atoms with Crippen molar-refractivity contribution in [2.75, 3.05) is 0 Å². The maximum atomic E-state index is 12.5. The summed E-state index contributed by atoms with van der Waals surface area (Å²) in [5, 5.41) is 0. The van der Waals surface area contributed by atoms with E-state index in [9.17, 15) is 4.79 Å². The van der Waals surface area contributed by atoms with Crippen molar-refractivity contribution in [3.63, 3.8) is 0 Å². The van der Waals surface area contributed by atoms with Gasteiger partial charge in [0.25, 0.3) is 0 Å². The second-order valence-corrected chi connectivity index (χ2v) is 5.07. The molecule has 0 N–H and O–H groups in total. The van der Waals surface area contributed by atoms with Gasteiger partial charge in [0.1, 0.15) is 0 Å². The zero-order valence-corrected chi connectivity index (χ0v) is 11.2. The Labute approximate surface area is 113 Å². The first kappa shape index (κ1) is 11.9. The van der Waals surface area contributed by atoms with Gasteiger partial charge < -0.3 is 0 Å². The maximum absolute atomic E-state index is 12.5. The summed E-state index contributed by atoms with van der Waals surface area (Å²) in [5.74, 6) is 0.227. The van der Waals surface area contributed by atoms with Gasteiger partial charge in [0, 0.05) is 12.0 Å². The van der Waals surface area contributed by atoms with Crippen LogP contribution in [0.2, 0.25) is 0 Å². The molecule has 0 unspecified atom stereocenters. The van der Waals surface area contributed by atoms with Crippen molar-refractivity contribution >= 4 is 16.9 Å². The fraction of sp³-hybridized carbons (Fsp3) is 0.167. The molecule has 1 aliphatic rings. The van der Waals surface area contributed by atoms with E-state index in [4.69, 9.17) is 0 Å². The number of ketones is 1. The molecular formula is C18H16O. The summed E-state index contributed by atoms with van der Waals surface area (Å²) < 4.78 is 0. The minimum absolute atomic E-state index is 0.227. The molecule has 1 nitrogen and oxygen atoms in total. The molecular weight excluding hydrogens is 232 g/mol. The van der Waals surface area contributed by atoms with E-state index >= 15 is 0 Å². The Morgan fingerprint density at radius 2 is 1.47 bits per heavy atom. The molecule has 1 heteroatoms. The zero-order valence-electron chi connectivity index (χ0n) is 11.2. The Bertz CT molecular complexity index is 692. The average molecular weight is 248 g/mol. The molecule has 0 fully saturated rings. The Balaban J connectivity index is 2.26. The first-order valence-electron chi connectivity index (χ1n) is 6.57. The molecule has 0 saturated carbocycles. The molecule has 0 saturated heterocycles. The summed E-state index contributed by atoms with van der Waals surface area (Å²) in [7, 11) is 0. The lowest BCUT2D eigenvalue weighted by Crippen LogP contribution is -2.14. The topological polar surface area (TPSA) is 17.1 Å². The van der Waals surface area contributed by atoms with Gasteiger partial charge in [0.15, 0.2) is 5.78 Å². The van der Waals surface area contributed by atoms with E-state index in [0.717, 1.165) is 27.8 Å². The molecule has 2 aromatic carbocycles. The van der Waals surface area contributed by atoms with Gasteiger partial charge in [-0.05, 0) is 41.7 Å². The lowest BCUT2D eigenvalue weighted by molar-refractivity contribution is -0.113. The normalized spacial score (nSPS) is 14.5. The van der Waals surface area contributed by atoms with Gasteiger partial charge in [0.05, 0.1) is 0 Å². The van der Waals surface area contributed by atoms with Crippen LogP contribution >= 0.6 is 0 Å². The highest BCUT2D eigenvalue weighted by Crippen LogP contribution is 2.35. The van der Waals surface area contributed by atoms with Gasteiger partial charge in [-0.2, -0.15) is 0 Å². The third-order valence-corrected chi connectivity index (χ3v) is 3.84. The number of hydrogen-bond acceptors (Lipinski definition) is 1. The highest BCUT2D eigenvalue weighted by Gasteiger charge is 2.24. The molecule has 1 aliphatic carbocycles. The molecule has 3 rings (SSSR count). The van der Waals surface area contributed by atoms with E-state index in [-0.39, 0.29) is 5.78 Å². The minimum atomic E-state index is 0.227. The lowest BCUT2D eigenvalue weighted by atomic mass is 9.81. The fourth-order valence-electron chi connectivity index (χ4n) is 2.85. The van der Waals surface area contributed by atoms with Crippen LogP contribution in [0.15, 0.2) is 48.5 Å². The number of rotatable bonds is 1. The van der Waals surface area contributed by atoms with Gasteiger partial charge in [-0.3, -0.25) is 4.79 Å².